The van der Waals surface area contributed by atoms with Crippen molar-refractivity contribution < 1.29 is 9.21 Å². The summed E-state index contributed by atoms with van der Waals surface area (Å²) in [5.41, 5.74) is 2.29. The Bertz CT molecular complexity index is 817. The van der Waals surface area contributed by atoms with Gasteiger partial charge in [0.05, 0.1) is 24.7 Å². The number of pyridine rings is 1. The van der Waals surface area contributed by atoms with E-state index in [9.17, 15) is 4.79 Å². The molecule has 2 N–H and O–H groups in total. The van der Waals surface area contributed by atoms with Crippen molar-refractivity contribution in [1.29, 1.82) is 0 Å². The molecule has 3 rings (SSSR count). The molecule has 2 heterocycles. The molecule has 0 radical (unpaired) electrons. The summed E-state index contributed by atoms with van der Waals surface area (Å²) < 4.78 is 5.25. The molecule has 0 unspecified atom stereocenters. The lowest BCUT2D eigenvalue weighted by Gasteiger charge is -2.07. The van der Waals surface area contributed by atoms with Crippen LogP contribution in [0.1, 0.15) is 21.8 Å². The highest BCUT2D eigenvalue weighted by molar-refractivity contribution is 6.30. The molecule has 0 bridgehead atoms. The first kappa shape index (κ1) is 17.0. The normalized spacial score (nSPS) is 10.4. The zero-order valence-electron chi connectivity index (χ0n) is 13.5. The van der Waals surface area contributed by atoms with E-state index >= 15 is 0 Å². The third-order valence-electron chi connectivity index (χ3n) is 3.63. The maximum Gasteiger partial charge on any atom is 0.269 e. The predicted octanol–water partition coefficient (Wildman–Crippen LogP) is 3.91. The average molecular weight is 356 g/mol. The summed E-state index contributed by atoms with van der Waals surface area (Å²) in [6, 6.07) is 14.8. The Labute approximate surface area is 151 Å². The molecule has 0 aliphatic carbocycles. The summed E-state index contributed by atoms with van der Waals surface area (Å²) >= 11 is 5.95. The van der Waals surface area contributed by atoms with Crippen LogP contribution >= 0.6 is 11.6 Å². The molecule has 0 fully saturated rings. The second kappa shape index (κ2) is 8.35. The first-order valence-corrected chi connectivity index (χ1v) is 8.33. The number of aromatic nitrogens is 1. The maximum absolute atomic E-state index is 12.1. The molecular weight excluding hydrogens is 338 g/mol. The van der Waals surface area contributed by atoms with Gasteiger partial charge in [-0.15, -0.1) is 0 Å². The van der Waals surface area contributed by atoms with Crippen LogP contribution < -0.4 is 10.6 Å². The monoisotopic (exact) mass is 355 g/mol. The van der Waals surface area contributed by atoms with Crippen molar-refractivity contribution in [3.63, 3.8) is 0 Å². The number of carbonyl (C=O) groups excluding carboxylic acids is 1. The summed E-state index contributed by atoms with van der Waals surface area (Å²) in [5, 5.41) is 6.74. The molecule has 2 aromatic heterocycles. The number of hydrogen-bond acceptors (Lipinski definition) is 4. The van der Waals surface area contributed by atoms with Gasteiger partial charge in [-0.3, -0.25) is 4.79 Å². The van der Waals surface area contributed by atoms with Gasteiger partial charge in [-0.1, -0.05) is 23.7 Å². The van der Waals surface area contributed by atoms with Gasteiger partial charge in [-0.25, -0.2) is 4.98 Å². The lowest BCUT2D eigenvalue weighted by molar-refractivity contribution is 0.0949. The number of amides is 1. The van der Waals surface area contributed by atoms with Crippen LogP contribution in [-0.2, 0) is 13.0 Å². The molecule has 25 heavy (non-hydrogen) atoms. The molecule has 6 heteroatoms. The zero-order chi connectivity index (χ0) is 17.5. The van der Waals surface area contributed by atoms with Gasteiger partial charge in [0.25, 0.3) is 5.91 Å². The summed E-state index contributed by atoms with van der Waals surface area (Å²) in [5.74, 6) is 0.641. The third kappa shape index (κ3) is 5.09. The summed E-state index contributed by atoms with van der Waals surface area (Å²) in [6.07, 6.45) is 3.98. The van der Waals surface area contributed by atoms with Crippen molar-refractivity contribution in [3.05, 3.63) is 83.0 Å². The van der Waals surface area contributed by atoms with E-state index in [1.807, 2.05) is 42.5 Å². The number of nitrogens with one attached hydrogen (secondary N) is 2. The minimum atomic E-state index is -0.195. The number of rotatable bonds is 7. The van der Waals surface area contributed by atoms with Crippen molar-refractivity contribution in [2.24, 2.45) is 0 Å². The van der Waals surface area contributed by atoms with Gasteiger partial charge in [0.2, 0.25) is 0 Å². The lowest BCUT2D eigenvalue weighted by Crippen LogP contribution is -2.26. The summed E-state index contributed by atoms with van der Waals surface area (Å²) in [7, 11) is 0. The lowest BCUT2D eigenvalue weighted by atomic mass is 10.1. The highest BCUT2D eigenvalue weighted by Crippen LogP contribution is 2.11. The largest absolute Gasteiger partial charge is 0.467 e. The van der Waals surface area contributed by atoms with Gasteiger partial charge >= 0.3 is 0 Å². The number of halogens is 1. The van der Waals surface area contributed by atoms with Gasteiger partial charge in [0.15, 0.2) is 0 Å². The first-order valence-electron chi connectivity index (χ1n) is 7.96. The molecule has 0 saturated carbocycles. The zero-order valence-corrected chi connectivity index (χ0v) is 14.3. The van der Waals surface area contributed by atoms with E-state index in [-0.39, 0.29) is 5.91 Å². The van der Waals surface area contributed by atoms with E-state index in [1.54, 1.807) is 18.5 Å². The molecule has 1 amide bonds. The highest BCUT2D eigenvalue weighted by atomic mass is 35.5. The number of anilines is 1. The Hall–Kier alpha value is -2.79. The number of carbonyl (C=O) groups is 1. The van der Waals surface area contributed by atoms with Crippen LogP contribution in [0.2, 0.25) is 5.02 Å². The second-order valence-corrected chi connectivity index (χ2v) is 5.94. The van der Waals surface area contributed by atoms with E-state index in [0.717, 1.165) is 23.4 Å². The quantitative estimate of drug-likeness (QED) is 0.674. The van der Waals surface area contributed by atoms with Gasteiger partial charge < -0.3 is 15.1 Å². The van der Waals surface area contributed by atoms with Crippen molar-refractivity contribution >= 4 is 23.2 Å². The van der Waals surface area contributed by atoms with Gasteiger partial charge in [0, 0.05) is 11.6 Å². The summed E-state index contributed by atoms with van der Waals surface area (Å²) in [4.78, 5) is 16.3. The SMILES string of the molecule is O=C(NCCc1cccc(Cl)c1)c1ccc(NCc2ccco2)cn1. The third-order valence-corrected chi connectivity index (χ3v) is 3.87. The molecule has 0 aliphatic rings. The highest BCUT2D eigenvalue weighted by Gasteiger charge is 2.07. The van der Waals surface area contributed by atoms with E-state index in [1.165, 1.54) is 0 Å². The van der Waals surface area contributed by atoms with Crippen LogP contribution in [0.15, 0.2) is 65.4 Å². The Kier molecular flexibility index (Phi) is 5.69. The van der Waals surface area contributed by atoms with Gasteiger partial charge in [-0.05, 0) is 48.4 Å². The Morgan fingerprint density at radius 2 is 2.08 bits per heavy atom. The second-order valence-electron chi connectivity index (χ2n) is 5.50. The molecule has 5 nitrogen and oxygen atoms in total. The van der Waals surface area contributed by atoms with Gasteiger partial charge in [-0.2, -0.15) is 0 Å². The number of nitrogens with zero attached hydrogens (tertiary/aromatic N) is 1. The molecule has 3 aromatic rings. The molecule has 0 spiro atoms. The van der Waals surface area contributed by atoms with E-state index in [2.05, 4.69) is 15.6 Å². The smallest absolute Gasteiger partial charge is 0.269 e. The maximum atomic E-state index is 12.1. The van der Waals surface area contributed by atoms with Crippen LogP contribution in [0.25, 0.3) is 0 Å². The van der Waals surface area contributed by atoms with Crippen LogP contribution in [0.5, 0.6) is 0 Å². The van der Waals surface area contributed by atoms with Crippen LogP contribution in [0, 0.1) is 0 Å². The molecule has 0 saturated heterocycles. The van der Waals surface area contributed by atoms with Crippen LogP contribution in [0.3, 0.4) is 0 Å². The fourth-order valence-electron chi connectivity index (χ4n) is 2.34. The van der Waals surface area contributed by atoms with E-state index < -0.39 is 0 Å². The van der Waals surface area contributed by atoms with Crippen molar-refractivity contribution in [2.45, 2.75) is 13.0 Å². The fourth-order valence-corrected chi connectivity index (χ4v) is 2.55. The first-order chi connectivity index (χ1) is 12.2. The summed E-state index contributed by atoms with van der Waals surface area (Å²) in [6.45, 7) is 1.10. The van der Waals surface area contributed by atoms with E-state index in [0.29, 0.717) is 23.8 Å². The van der Waals surface area contributed by atoms with Gasteiger partial charge in [0.1, 0.15) is 11.5 Å². The van der Waals surface area contributed by atoms with Crippen LogP contribution in [-0.4, -0.2) is 17.4 Å². The Balaban J connectivity index is 1.47. The van der Waals surface area contributed by atoms with Crippen molar-refractivity contribution in [2.75, 3.05) is 11.9 Å². The minimum Gasteiger partial charge on any atom is -0.467 e. The Morgan fingerprint density at radius 3 is 2.80 bits per heavy atom. The molecular formula is C19H18ClN3O2. The number of furan rings is 1. The number of hydrogen-bond donors (Lipinski definition) is 2. The molecule has 0 atom stereocenters. The predicted molar refractivity (Wildman–Crippen MR) is 97.8 cm³/mol. The minimum absolute atomic E-state index is 0.195. The van der Waals surface area contributed by atoms with Crippen molar-refractivity contribution in [3.8, 4) is 0 Å². The molecule has 1 aromatic carbocycles. The van der Waals surface area contributed by atoms with E-state index in [4.69, 9.17) is 16.0 Å². The standard InChI is InChI=1S/C19H18ClN3O2/c20-15-4-1-3-14(11-15)8-9-21-19(24)18-7-6-16(12-23-18)22-13-17-5-2-10-25-17/h1-7,10-12,22H,8-9,13H2,(H,21,24). The molecule has 0 aliphatic heterocycles. The Morgan fingerprint density at radius 1 is 1.16 bits per heavy atom. The fraction of sp³-hybridized carbons (Fsp3) is 0.158. The van der Waals surface area contributed by atoms with Crippen LogP contribution in [0.4, 0.5) is 5.69 Å². The molecule has 128 valence electrons. The number of benzene rings is 1. The topological polar surface area (TPSA) is 67.2 Å². The van der Waals surface area contributed by atoms with Crippen molar-refractivity contribution in [1.82, 2.24) is 10.3 Å². The average Bonchev–Trinajstić information content (AvgIpc) is 3.14.